The average Bonchev–Trinajstić information content (AvgIpc) is 2.66. The number of aliphatic hydroxyl groups is 1. The molecule has 1 aromatic rings. The van der Waals surface area contributed by atoms with Crippen molar-refractivity contribution in [2.45, 2.75) is 26.0 Å². The Bertz CT molecular complexity index is 586. The third-order valence-corrected chi connectivity index (χ3v) is 4.78. The predicted octanol–water partition coefficient (Wildman–Crippen LogP) is -0.0363. The van der Waals surface area contributed by atoms with E-state index in [1.807, 2.05) is 44.2 Å². The topological polar surface area (TPSA) is 98.9 Å². The van der Waals surface area contributed by atoms with Crippen molar-refractivity contribution in [2.24, 2.45) is 11.7 Å². The molecule has 0 aliphatic carbocycles. The van der Waals surface area contributed by atoms with Gasteiger partial charge in [0.15, 0.2) is 0 Å². The molecule has 2 rings (SSSR count). The minimum absolute atomic E-state index is 0.0219. The summed E-state index contributed by atoms with van der Waals surface area (Å²) in [6.07, 6.45) is -0.532. The Morgan fingerprint density at radius 2 is 1.77 bits per heavy atom. The standard InChI is InChI=1S/C19H30N4O3/c1-14(2)18(20)19(26)21-12-17(25)23-10-8-22(9-11-23)13-16(24)15-6-4-3-5-7-15/h3-7,14,16,18,24H,8-13,20H2,1-2H3,(H,21,26)/t16?,18-/m0/s1. The number of amides is 2. The van der Waals surface area contributed by atoms with Crippen molar-refractivity contribution in [2.75, 3.05) is 39.3 Å². The minimum Gasteiger partial charge on any atom is -0.387 e. The second-order valence-electron chi connectivity index (χ2n) is 7.10. The maximum Gasteiger partial charge on any atom is 0.242 e. The average molecular weight is 362 g/mol. The van der Waals surface area contributed by atoms with E-state index < -0.39 is 12.1 Å². The summed E-state index contributed by atoms with van der Waals surface area (Å²) >= 11 is 0. The highest BCUT2D eigenvalue weighted by Crippen LogP contribution is 2.15. The van der Waals surface area contributed by atoms with Gasteiger partial charge in [0.05, 0.1) is 18.7 Å². The normalized spacial score (nSPS) is 17.8. The number of nitrogens with one attached hydrogen (secondary N) is 1. The molecule has 7 nitrogen and oxygen atoms in total. The smallest absolute Gasteiger partial charge is 0.242 e. The van der Waals surface area contributed by atoms with Crippen molar-refractivity contribution in [3.63, 3.8) is 0 Å². The van der Waals surface area contributed by atoms with Crippen LogP contribution in [0.25, 0.3) is 0 Å². The molecule has 0 spiro atoms. The van der Waals surface area contributed by atoms with Crippen molar-refractivity contribution >= 4 is 11.8 Å². The molecule has 0 radical (unpaired) electrons. The van der Waals surface area contributed by atoms with Gasteiger partial charge in [-0.05, 0) is 11.5 Å². The van der Waals surface area contributed by atoms with E-state index >= 15 is 0 Å². The molecule has 1 heterocycles. The molecule has 7 heteroatoms. The van der Waals surface area contributed by atoms with Crippen molar-refractivity contribution in [3.05, 3.63) is 35.9 Å². The van der Waals surface area contributed by atoms with Crippen LogP contribution < -0.4 is 11.1 Å². The molecule has 1 aliphatic rings. The zero-order chi connectivity index (χ0) is 19.1. The molecule has 1 aromatic carbocycles. The number of hydrogen-bond donors (Lipinski definition) is 3. The fourth-order valence-corrected chi connectivity index (χ4v) is 2.90. The van der Waals surface area contributed by atoms with Gasteiger partial charge in [-0.2, -0.15) is 0 Å². The molecule has 1 fully saturated rings. The molecule has 2 atom stereocenters. The molecular formula is C19H30N4O3. The van der Waals surface area contributed by atoms with E-state index in [0.29, 0.717) is 32.7 Å². The molecule has 1 unspecified atom stereocenters. The van der Waals surface area contributed by atoms with Crippen LogP contribution in [0.15, 0.2) is 30.3 Å². The van der Waals surface area contributed by atoms with Crippen molar-refractivity contribution in [3.8, 4) is 0 Å². The van der Waals surface area contributed by atoms with Gasteiger partial charge in [-0.25, -0.2) is 0 Å². The molecule has 0 saturated carbocycles. The monoisotopic (exact) mass is 362 g/mol. The van der Waals surface area contributed by atoms with Crippen molar-refractivity contribution < 1.29 is 14.7 Å². The van der Waals surface area contributed by atoms with Crippen LogP contribution in [0.1, 0.15) is 25.5 Å². The number of nitrogens with zero attached hydrogens (tertiary/aromatic N) is 2. The van der Waals surface area contributed by atoms with Crippen LogP contribution in [-0.2, 0) is 9.59 Å². The lowest BCUT2D eigenvalue weighted by Gasteiger charge is -2.35. The fourth-order valence-electron chi connectivity index (χ4n) is 2.90. The number of carbonyl (C=O) groups excluding carboxylic acids is 2. The first-order chi connectivity index (χ1) is 12.4. The van der Waals surface area contributed by atoms with E-state index in [4.69, 9.17) is 5.73 Å². The molecule has 2 amide bonds. The van der Waals surface area contributed by atoms with Gasteiger partial charge in [0, 0.05) is 32.7 Å². The third-order valence-electron chi connectivity index (χ3n) is 4.78. The van der Waals surface area contributed by atoms with Gasteiger partial charge in [0.2, 0.25) is 11.8 Å². The summed E-state index contributed by atoms with van der Waals surface area (Å²) in [5, 5.41) is 12.9. The molecule has 4 N–H and O–H groups in total. The predicted molar refractivity (Wildman–Crippen MR) is 100 cm³/mol. The molecule has 1 saturated heterocycles. The van der Waals surface area contributed by atoms with Gasteiger partial charge in [-0.15, -0.1) is 0 Å². The Morgan fingerprint density at radius 1 is 1.15 bits per heavy atom. The fraction of sp³-hybridized carbons (Fsp3) is 0.579. The first-order valence-electron chi connectivity index (χ1n) is 9.15. The highest BCUT2D eigenvalue weighted by atomic mass is 16.3. The SMILES string of the molecule is CC(C)[C@H](N)C(=O)NCC(=O)N1CCN(CC(O)c2ccccc2)CC1. The van der Waals surface area contributed by atoms with E-state index in [1.165, 1.54) is 0 Å². The summed E-state index contributed by atoms with van der Waals surface area (Å²) in [5.41, 5.74) is 6.67. The Kier molecular flexibility index (Phi) is 7.56. The Balaban J connectivity index is 1.72. The van der Waals surface area contributed by atoms with Crippen molar-refractivity contribution in [1.82, 2.24) is 15.1 Å². The first kappa shape index (κ1) is 20.4. The van der Waals surface area contributed by atoms with E-state index in [-0.39, 0.29) is 24.3 Å². The molecular weight excluding hydrogens is 332 g/mol. The van der Waals surface area contributed by atoms with Crippen LogP contribution in [0.4, 0.5) is 0 Å². The number of carbonyl (C=O) groups is 2. The quantitative estimate of drug-likeness (QED) is 0.632. The van der Waals surface area contributed by atoms with Crippen LogP contribution in [0.5, 0.6) is 0 Å². The number of nitrogens with two attached hydrogens (primary N) is 1. The van der Waals surface area contributed by atoms with Crippen LogP contribution in [0.3, 0.4) is 0 Å². The minimum atomic E-state index is -0.598. The summed E-state index contributed by atoms with van der Waals surface area (Å²) in [7, 11) is 0. The number of rotatable bonds is 7. The zero-order valence-electron chi connectivity index (χ0n) is 15.6. The summed E-state index contributed by atoms with van der Waals surface area (Å²) in [6.45, 7) is 6.85. The van der Waals surface area contributed by atoms with E-state index in [9.17, 15) is 14.7 Å². The number of aliphatic hydroxyl groups excluding tert-OH is 1. The van der Waals surface area contributed by atoms with Crippen molar-refractivity contribution in [1.29, 1.82) is 0 Å². The Hall–Kier alpha value is -1.96. The number of β-amino-alcohol motifs (C(OH)–C–C–N with tert-alkyl or cyclic N) is 1. The van der Waals surface area contributed by atoms with Gasteiger partial charge < -0.3 is 21.1 Å². The maximum atomic E-state index is 12.2. The second-order valence-corrected chi connectivity index (χ2v) is 7.10. The van der Waals surface area contributed by atoms with Crippen LogP contribution in [-0.4, -0.2) is 72.0 Å². The summed E-state index contributed by atoms with van der Waals surface area (Å²) < 4.78 is 0. The molecule has 1 aliphatic heterocycles. The third kappa shape index (κ3) is 5.79. The van der Waals surface area contributed by atoms with Gasteiger partial charge in [-0.3, -0.25) is 14.5 Å². The van der Waals surface area contributed by atoms with Crippen LogP contribution in [0.2, 0.25) is 0 Å². The summed E-state index contributed by atoms with van der Waals surface area (Å²) in [6, 6.07) is 8.97. The maximum absolute atomic E-state index is 12.2. The Morgan fingerprint density at radius 3 is 2.35 bits per heavy atom. The van der Waals surface area contributed by atoms with E-state index in [0.717, 1.165) is 5.56 Å². The first-order valence-corrected chi connectivity index (χ1v) is 9.15. The number of piperazine rings is 1. The van der Waals surface area contributed by atoms with Crippen LogP contribution in [0, 0.1) is 5.92 Å². The van der Waals surface area contributed by atoms with Gasteiger partial charge >= 0.3 is 0 Å². The van der Waals surface area contributed by atoms with E-state index in [1.54, 1.807) is 4.90 Å². The van der Waals surface area contributed by atoms with Gasteiger partial charge in [0.25, 0.3) is 0 Å². The lowest BCUT2D eigenvalue weighted by atomic mass is 10.1. The van der Waals surface area contributed by atoms with Gasteiger partial charge in [-0.1, -0.05) is 44.2 Å². The number of benzene rings is 1. The molecule has 26 heavy (non-hydrogen) atoms. The highest BCUT2D eigenvalue weighted by Gasteiger charge is 2.24. The highest BCUT2D eigenvalue weighted by molar-refractivity contribution is 5.87. The largest absolute Gasteiger partial charge is 0.387 e. The zero-order valence-corrected chi connectivity index (χ0v) is 15.6. The lowest BCUT2D eigenvalue weighted by molar-refractivity contribution is -0.134. The molecule has 0 bridgehead atoms. The second kappa shape index (κ2) is 9.66. The lowest BCUT2D eigenvalue weighted by Crippen LogP contribution is -2.53. The molecule has 144 valence electrons. The summed E-state index contributed by atoms with van der Waals surface area (Å²) in [4.78, 5) is 28.0. The Labute approximate surface area is 155 Å². The number of hydrogen-bond acceptors (Lipinski definition) is 5. The molecule has 0 aromatic heterocycles. The van der Waals surface area contributed by atoms with E-state index in [2.05, 4.69) is 10.2 Å². The summed E-state index contributed by atoms with van der Waals surface area (Å²) in [5.74, 6) is -0.361. The van der Waals surface area contributed by atoms with Crippen LogP contribution >= 0.6 is 0 Å². The van der Waals surface area contributed by atoms with Gasteiger partial charge in [0.1, 0.15) is 0 Å².